The van der Waals surface area contributed by atoms with Crippen molar-refractivity contribution < 1.29 is 9.53 Å². The molecule has 5 nitrogen and oxygen atoms in total. The van der Waals surface area contributed by atoms with Gasteiger partial charge in [-0.2, -0.15) is 0 Å². The van der Waals surface area contributed by atoms with E-state index < -0.39 is 5.91 Å². The SMILES string of the molecule is CCc1cc(-c2nc(C(N)=O)[nH]c2C)ccc1OC. The van der Waals surface area contributed by atoms with Crippen LogP contribution in [0.15, 0.2) is 18.2 Å². The molecule has 0 aliphatic rings. The number of benzene rings is 1. The van der Waals surface area contributed by atoms with Crippen molar-refractivity contribution in [2.45, 2.75) is 20.3 Å². The van der Waals surface area contributed by atoms with E-state index in [9.17, 15) is 4.79 Å². The number of rotatable bonds is 4. The number of nitrogens with two attached hydrogens (primary N) is 1. The third kappa shape index (κ3) is 2.45. The summed E-state index contributed by atoms with van der Waals surface area (Å²) in [7, 11) is 1.65. The van der Waals surface area contributed by atoms with Crippen LogP contribution in [0, 0.1) is 6.92 Å². The Morgan fingerprint density at radius 1 is 1.47 bits per heavy atom. The Morgan fingerprint density at radius 3 is 2.74 bits per heavy atom. The van der Waals surface area contributed by atoms with Crippen molar-refractivity contribution in [2.75, 3.05) is 7.11 Å². The molecule has 0 saturated heterocycles. The minimum Gasteiger partial charge on any atom is -0.496 e. The van der Waals surface area contributed by atoms with Crippen molar-refractivity contribution in [1.29, 1.82) is 0 Å². The number of aromatic amines is 1. The Labute approximate surface area is 111 Å². The zero-order valence-electron chi connectivity index (χ0n) is 11.3. The predicted octanol–water partition coefficient (Wildman–Crippen LogP) is 2.06. The van der Waals surface area contributed by atoms with E-state index in [1.165, 1.54) is 0 Å². The van der Waals surface area contributed by atoms with Gasteiger partial charge in [0.2, 0.25) is 0 Å². The van der Waals surface area contributed by atoms with E-state index in [1.807, 2.05) is 25.1 Å². The molecule has 1 aromatic heterocycles. The molecule has 0 bridgehead atoms. The van der Waals surface area contributed by atoms with Gasteiger partial charge in [-0.3, -0.25) is 4.79 Å². The second-order valence-electron chi connectivity index (χ2n) is 4.30. The predicted molar refractivity (Wildman–Crippen MR) is 73.2 cm³/mol. The normalized spacial score (nSPS) is 10.5. The number of carbonyl (C=O) groups is 1. The maximum Gasteiger partial charge on any atom is 0.284 e. The number of amides is 1. The van der Waals surface area contributed by atoms with Gasteiger partial charge in [-0.05, 0) is 37.1 Å². The van der Waals surface area contributed by atoms with E-state index in [2.05, 4.69) is 16.9 Å². The highest BCUT2D eigenvalue weighted by Crippen LogP contribution is 2.27. The first-order valence-electron chi connectivity index (χ1n) is 6.10. The highest BCUT2D eigenvalue weighted by molar-refractivity contribution is 5.90. The minimum atomic E-state index is -0.557. The Bertz CT molecular complexity index is 617. The van der Waals surface area contributed by atoms with Crippen LogP contribution in [0.1, 0.15) is 28.8 Å². The zero-order chi connectivity index (χ0) is 14.0. The van der Waals surface area contributed by atoms with Crippen LogP contribution in [0.5, 0.6) is 5.75 Å². The Kier molecular flexibility index (Phi) is 3.55. The fourth-order valence-electron chi connectivity index (χ4n) is 2.06. The summed E-state index contributed by atoms with van der Waals surface area (Å²) < 4.78 is 5.30. The van der Waals surface area contributed by atoms with Crippen molar-refractivity contribution in [2.24, 2.45) is 5.73 Å². The lowest BCUT2D eigenvalue weighted by Crippen LogP contribution is -2.12. The number of ether oxygens (including phenoxy) is 1. The Morgan fingerprint density at radius 2 is 2.21 bits per heavy atom. The highest BCUT2D eigenvalue weighted by Gasteiger charge is 2.13. The average Bonchev–Trinajstić information content (AvgIpc) is 2.80. The van der Waals surface area contributed by atoms with Crippen LogP contribution in [0.25, 0.3) is 11.3 Å². The average molecular weight is 259 g/mol. The molecule has 19 heavy (non-hydrogen) atoms. The number of aryl methyl sites for hydroxylation is 2. The maximum atomic E-state index is 11.1. The molecule has 1 amide bonds. The van der Waals surface area contributed by atoms with E-state index in [-0.39, 0.29) is 5.82 Å². The molecule has 5 heteroatoms. The third-order valence-electron chi connectivity index (χ3n) is 3.05. The number of aromatic nitrogens is 2. The minimum absolute atomic E-state index is 0.182. The molecule has 0 aliphatic heterocycles. The number of carbonyl (C=O) groups excluding carboxylic acids is 1. The van der Waals surface area contributed by atoms with Crippen molar-refractivity contribution in [3.05, 3.63) is 35.3 Å². The molecule has 2 aromatic rings. The molecule has 0 radical (unpaired) electrons. The van der Waals surface area contributed by atoms with Gasteiger partial charge in [0, 0.05) is 11.3 Å². The smallest absolute Gasteiger partial charge is 0.284 e. The topological polar surface area (TPSA) is 81.0 Å². The van der Waals surface area contributed by atoms with Crippen LogP contribution in [0.4, 0.5) is 0 Å². The second-order valence-corrected chi connectivity index (χ2v) is 4.30. The fourth-order valence-corrected chi connectivity index (χ4v) is 2.06. The van der Waals surface area contributed by atoms with E-state index >= 15 is 0 Å². The van der Waals surface area contributed by atoms with Crippen LogP contribution in [0.2, 0.25) is 0 Å². The highest BCUT2D eigenvalue weighted by atomic mass is 16.5. The van der Waals surface area contributed by atoms with Crippen molar-refractivity contribution in [3.63, 3.8) is 0 Å². The number of hydrogen-bond donors (Lipinski definition) is 2. The number of primary amides is 1. The third-order valence-corrected chi connectivity index (χ3v) is 3.05. The fraction of sp³-hybridized carbons (Fsp3) is 0.286. The van der Waals surface area contributed by atoms with E-state index in [1.54, 1.807) is 7.11 Å². The first kappa shape index (κ1) is 13.1. The monoisotopic (exact) mass is 259 g/mol. The molecule has 0 atom stereocenters. The summed E-state index contributed by atoms with van der Waals surface area (Å²) in [5, 5.41) is 0. The van der Waals surface area contributed by atoms with Gasteiger partial charge >= 0.3 is 0 Å². The molecule has 0 saturated carbocycles. The molecule has 3 N–H and O–H groups in total. The standard InChI is InChI=1S/C14H17N3O2/c1-4-9-7-10(5-6-11(9)19-3)12-8(2)16-14(17-12)13(15)18/h5-7H,4H2,1-3H3,(H2,15,18)(H,16,17). The number of nitrogens with one attached hydrogen (secondary N) is 1. The van der Waals surface area contributed by atoms with Crippen LogP contribution in [-0.2, 0) is 6.42 Å². The maximum absolute atomic E-state index is 11.1. The lowest BCUT2D eigenvalue weighted by atomic mass is 10.0. The number of imidazole rings is 1. The second kappa shape index (κ2) is 5.14. The summed E-state index contributed by atoms with van der Waals surface area (Å²) in [4.78, 5) is 18.3. The number of H-pyrrole nitrogens is 1. The van der Waals surface area contributed by atoms with Crippen LogP contribution in [0.3, 0.4) is 0 Å². The molecule has 0 spiro atoms. The van der Waals surface area contributed by atoms with E-state index in [0.717, 1.165) is 34.7 Å². The lowest BCUT2D eigenvalue weighted by molar-refractivity contribution is 0.0991. The zero-order valence-corrected chi connectivity index (χ0v) is 11.3. The lowest BCUT2D eigenvalue weighted by Gasteiger charge is -2.08. The number of methoxy groups -OCH3 is 1. The van der Waals surface area contributed by atoms with Gasteiger partial charge in [0.15, 0.2) is 5.82 Å². The largest absolute Gasteiger partial charge is 0.496 e. The molecule has 0 fully saturated rings. The van der Waals surface area contributed by atoms with Gasteiger partial charge in [-0.15, -0.1) is 0 Å². The molecule has 0 aliphatic carbocycles. The van der Waals surface area contributed by atoms with Gasteiger partial charge in [0.25, 0.3) is 5.91 Å². The summed E-state index contributed by atoms with van der Waals surface area (Å²) in [5.41, 5.74) is 8.83. The Hall–Kier alpha value is -2.30. The Balaban J connectivity index is 2.50. The van der Waals surface area contributed by atoms with Gasteiger partial charge < -0.3 is 15.5 Å². The van der Waals surface area contributed by atoms with Crippen LogP contribution < -0.4 is 10.5 Å². The van der Waals surface area contributed by atoms with E-state index in [0.29, 0.717) is 0 Å². The summed E-state index contributed by atoms with van der Waals surface area (Å²) in [6.45, 7) is 3.93. The number of hydrogen-bond acceptors (Lipinski definition) is 3. The van der Waals surface area contributed by atoms with Gasteiger partial charge in [0.1, 0.15) is 5.75 Å². The summed E-state index contributed by atoms with van der Waals surface area (Å²) in [5.74, 6) is 0.481. The molecule has 1 heterocycles. The van der Waals surface area contributed by atoms with Gasteiger partial charge in [0.05, 0.1) is 12.8 Å². The molecule has 100 valence electrons. The molecular formula is C14H17N3O2. The first-order chi connectivity index (χ1) is 9.06. The quantitative estimate of drug-likeness (QED) is 0.881. The van der Waals surface area contributed by atoms with Crippen LogP contribution >= 0.6 is 0 Å². The molecule has 0 unspecified atom stereocenters. The van der Waals surface area contributed by atoms with Gasteiger partial charge in [-0.1, -0.05) is 6.92 Å². The van der Waals surface area contributed by atoms with Crippen molar-refractivity contribution >= 4 is 5.91 Å². The summed E-state index contributed by atoms with van der Waals surface area (Å²) in [6.07, 6.45) is 0.864. The summed E-state index contributed by atoms with van der Waals surface area (Å²) in [6, 6.07) is 5.85. The first-order valence-corrected chi connectivity index (χ1v) is 6.10. The number of nitrogens with zero attached hydrogens (tertiary/aromatic N) is 1. The molecule has 1 aromatic carbocycles. The van der Waals surface area contributed by atoms with Gasteiger partial charge in [-0.25, -0.2) is 4.98 Å². The summed E-state index contributed by atoms with van der Waals surface area (Å²) >= 11 is 0. The van der Waals surface area contributed by atoms with Crippen LogP contribution in [-0.4, -0.2) is 23.0 Å². The molecular weight excluding hydrogens is 242 g/mol. The van der Waals surface area contributed by atoms with Crippen molar-refractivity contribution in [3.8, 4) is 17.0 Å². The molecule has 2 rings (SSSR count). The van der Waals surface area contributed by atoms with E-state index in [4.69, 9.17) is 10.5 Å². The van der Waals surface area contributed by atoms with Crippen molar-refractivity contribution in [1.82, 2.24) is 9.97 Å².